The van der Waals surface area contributed by atoms with Gasteiger partial charge in [-0.05, 0) is 31.0 Å². The third kappa shape index (κ3) is 4.22. The lowest BCUT2D eigenvalue weighted by Crippen LogP contribution is -2.38. The molecule has 1 atom stereocenters. The highest BCUT2D eigenvalue weighted by atomic mass is 32.1. The Balaban J connectivity index is 1.61. The number of amides is 1. The Bertz CT molecular complexity index is 1150. The molecule has 2 heterocycles. The average molecular weight is 436 g/mol. The minimum absolute atomic E-state index is 0.215. The van der Waals surface area contributed by atoms with Crippen LogP contribution in [-0.2, 0) is 20.7 Å². The highest BCUT2D eigenvalue weighted by Gasteiger charge is 2.33. The monoisotopic (exact) mass is 435 g/mol. The number of benzene rings is 2. The Hall–Kier alpha value is -3.45. The number of ether oxygens (including phenoxy) is 2. The van der Waals surface area contributed by atoms with Crippen molar-refractivity contribution in [3.8, 4) is 11.1 Å². The number of anilines is 1. The van der Waals surface area contributed by atoms with Gasteiger partial charge >= 0.3 is 11.9 Å². The van der Waals surface area contributed by atoms with Gasteiger partial charge in [0, 0.05) is 17.4 Å². The summed E-state index contributed by atoms with van der Waals surface area (Å²) in [5, 5.41) is 4.95. The fourth-order valence-corrected chi connectivity index (χ4v) is 4.48. The lowest BCUT2D eigenvalue weighted by Gasteiger charge is -2.24. The maximum absolute atomic E-state index is 12.9. The molecule has 0 saturated carbocycles. The summed E-state index contributed by atoms with van der Waals surface area (Å²) in [4.78, 5) is 38.0. The van der Waals surface area contributed by atoms with Crippen LogP contribution in [0.1, 0.15) is 38.8 Å². The van der Waals surface area contributed by atoms with E-state index in [-0.39, 0.29) is 13.0 Å². The van der Waals surface area contributed by atoms with Crippen molar-refractivity contribution in [2.24, 2.45) is 0 Å². The van der Waals surface area contributed by atoms with E-state index < -0.39 is 23.9 Å². The van der Waals surface area contributed by atoms with Crippen LogP contribution in [0, 0.1) is 6.92 Å². The number of cyclic esters (lactones) is 1. The van der Waals surface area contributed by atoms with E-state index in [9.17, 15) is 14.4 Å². The highest BCUT2D eigenvalue weighted by molar-refractivity contribution is 7.15. The first-order valence-electron chi connectivity index (χ1n) is 9.93. The number of hydrogen-bond acceptors (Lipinski definition) is 6. The first-order valence-corrected chi connectivity index (χ1v) is 10.8. The molecule has 31 heavy (non-hydrogen) atoms. The van der Waals surface area contributed by atoms with E-state index >= 15 is 0 Å². The minimum Gasteiger partial charge on any atom is -0.462 e. The molecule has 0 spiro atoms. The van der Waals surface area contributed by atoms with Gasteiger partial charge in [-0.2, -0.15) is 0 Å². The Kier molecular flexibility index (Phi) is 5.86. The van der Waals surface area contributed by atoms with Crippen molar-refractivity contribution in [2.75, 3.05) is 11.9 Å². The van der Waals surface area contributed by atoms with Crippen molar-refractivity contribution >= 4 is 34.2 Å². The van der Waals surface area contributed by atoms with Crippen molar-refractivity contribution in [1.29, 1.82) is 0 Å². The molecule has 3 aromatic rings. The normalized spacial score (nSPS) is 15.0. The molecule has 7 heteroatoms. The molecule has 0 aliphatic carbocycles. The van der Waals surface area contributed by atoms with Crippen LogP contribution in [0.4, 0.5) is 5.00 Å². The predicted octanol–water partition coefficient (Wildman–Crippen LogP) is 4.62. The molecule has 0 saturated heterocycles. The molecule has 158 valence electrons. The van der Waals surface area contributed by atoms with E-state index in [4.69, 9.17) is 9.47 Å². The third-order valence-electron chi connectivity index (χ3n) is 5.02. The summed E-state index contributed by atoms with van der Waals surface area (Å²) in [5.74, 6) is -1.52. The zero-order valence-corrected chi connectivity index (χ0v) is 18.0. The number of aryl methyl sites for hydroxylation is 1. The molecular formula is C24H21NO5S. The van der Waals surface area contributed by atoms with Gasteiger partial charge in [-0.3, -0.25) is 4.79 Å². The Morgan fingerprint density at radius 3 is 2.68 bits per heavy atom. The second-order valence-electron chi connectivity index (χ2n) is 7.19. The zero-order valence-electron chi connectivity index (χ0n) is 17.1. The average Bonchev–Trinajstić information content (AvgIpc) is 3.18. The van der Waals surface area contributed by atoms with E-state index in [1.54, 1.807) is 13.0 Å². The molecule has 0 unspecified atom stereocenters. The standard InChI is InChI=1S/C24H21NO5S/c1-3-29-24(28)20-18(15-7-5-4-6-8-15)13-31-22(20)25-21(26)19-12-16-10-9-14(2)11-17(16)23(27)30-19/h4-11,13,19H,3,12H2,1-2H3,(H,25,26)/t19-/m0/s1. The smallest absolute Gasteiger partial charge is 0.341 e. The van der Waals surface area contributed by atoms with Crippen LogP contribution in [0.15, 0.2) is 53.9 Å². The molecule has 0 fully saturated rings. The van der Waals surface area contributed by atoms with Crippen LogP contribution < -0.4 is 5.32 Å². The number of nitrogens with one attached hydrogen (secondary N) is 1. The lowest BCUT2D eigenvalue weighted by molar-refractivity contribution is -0.125. The number of rotatable bonds is 5. The van der Waals surface area contributed by atoms with Crippen LogP contribution >= 0.6 is 11.3 Å². The molecule has 6 nitrogen and oxygen atoms in total. The maximum atomic E-state index is 12.9. The largest absolute Gasteiger partial charge is 0.462 e. The number of thiophene rings is 1. The maximum Gasteiger partial charge on any atom is 0.341 e. The van der Waals surface area contributed by atoms with E-state index in [0.717, 1.165) is 16.7 Å². The van der Waals surface area contributed by atoms with Gasteiger partial charge in [0.2, 0.25) is 0 Å². The Morgan fingerprint density at radius 2 is 1.94 bits per heavy atom. The molecule has 1 aliphatic rings. The van der Waals surface area contributed by atoms with Crippen LogP contribution in [0.3, 0.4) is 0 Å². The van der Waals surface area contributed by atoms with Crippen molar-refractivity contribution < 1.29 is 23.9 Å². The molecule has 4 rings (SSSR count). The van der Waals surface area contributed by atoms with Crippen molar-refractivity contribution in [2.45, 2.75) is 26.4 Å². The fourth-order valence-electron chi connectivity index (χ4n) is 3.52. The van der Waals surface area contributed by atoms with Crippen LogP contribution in [-0.4, -0.2) is 30.6 Å². The second kappa shape index (κ2) is 8.73. The Morgan fingerprint density at radius 1 is 1.16 bits per heavy atom. The van der Waals surface area contributed by atoms with Gasteiger partial charge in [0.15, 0.2) is 6.10 Å². The molecule has 0 radical (unpaired) electrons. The summed E-state index contributed by atoms with van der Waals surface area (Å²) in [6.07, 6.45) is -0.696. The molecular weight excluding hydrogens is 414 g/mol. The second-order valence-corrected chi connectivity index (χ2v) is 8.07. The van der Waals surface area contributed by atoms with Crippen LogP contribution in [0.2, 0.25) is 0 Å². The predicted molar refractivity (Wildman–Crippen MR) is 118 cm³/mol. The topological polar surface area (TPSA) is 81.7 Å². The van der Waals surface area contributed by atoms with Crippen molar-refractivity contribution in [1.82, 2.24) is 0 Å². The van der Waals surface area contributed by atoms with E-state index in [2.05, 4.69) is 5.32 Å². The van der Waals surface area contributed by atoms with E-state index in [0.29, 0.717) is 21.7 Å². The minimum atomic E-state index is -0.972. The third-order valence-corrected chi connectivity index (χ3v) is 5.92. The summed E-state index contributed by atoms with van der Waals surface area (Å²) < 4.78 is 10.6. The number of fused-ring (bicyclic) bond motifs is 1. The molecule has 2 aromatic carbocycles. The zero-order chi connectivity index (χ0) is 22.0. The summed E-state index contributed by atoms with van der Waals surface area (Å²) in [7, 11) is 0. The lowest BCUT2D eigenvalue weighted by atomic mass is 9.96. The first-order chi connectivity index (χ1) is 15.0. The van der Waals surface area contributed by atoms with Gasteiger partial charge in [-0.25, -0.2) is 9.59 Å². The van der Waals surface area contributed by atoms with Gasteiger partial charge in [-0.15, -0.1) is 11.3 Å². The fraction of sp³-hybridized carbons (Fsp3) is 0.208. The number of esters is 2. The van der Waals surface area contributed by atoms with Gasteiger partial charge in [0.25, 0.3) is 5.91 Å². The number of hydrogen-bond donors (Lipinski definition) is 1. The van der Waals surface area contributed by atoms with Gasteiger partial charge < -0.3 is 14.8 Å². The highest BCUT2D eigenvalue weighted by Crippen LogP contribution is 2.36. The molecule has 1 aromatic heterocycles. The molecule has 1 amide bonds. The molecule has 0 bridgehead atoms. The molecule has 1 N–H and O–H groups in total. The quantitative estimate of drug-likeness (QED) is 0.592. The summed E-state index contributed by atoms with van der Waals surface area (Å²) >= 11 is 1.23. The van der Waals surface area contributed by atoms with Crippen molar-refractivity contribution in [3.63, 3.8) is 0 Å². The summed E-state index contributed by atoms with van der Waals surface area (Å²) in [6.45, 7) is 3.84. The number of carbonyl (C=O) groups is 3. The first kappa shape index (κ1) is 20.8. The van der Waals surface area contributed by atoms with Crippen LogP contribution in [0.5, 0.6) is 0 Å². The Labute approximate surface area is 183 Å². The van der Waals surface area contributed by atoms with Crippen LogP contribution in [0.25, 0.3) is 11.1 Å². The van der Waals surface area contributed by atoms with E-state index in [1.165, 1.54) is 11.3 Å². The summed E-state index contributed by atoms with van der Waals surface area (Å²) in [5.41, 5.74) is 4.02. The summed E-state index contributed by atoms with van der Waals surface area (Å²) in [6, 6.07) is 14.9. The SMILES string of the molecule is CCOC(=O)c1c(-c2ccccc2)csc1NC(=O)[C@@H]1Cc2ccc(C)cc2C(=O)O1. The van der Waals surface area contributed by atoms with Gasteiger partial charge in [0.1, 0.15) is 10.6 Å². The van der Waals surface area contributed by atoms with Crippen molar-refractivity contribution in [3.05, 3.63) is 76.2 Å². The van der Waals surface area contributed by atoms with Gasteiger partial charge in [-0.1, -0.05) is 48.0 Å². The molecule has 1 aliphatic heterocycles. The van der Waals surface area contributed by atoms with Gasteiger partial charge in [0.05, 0.1) is 12.2 Å². The number of carbonyl (C=O) groups excluding carboxylic acids is 3. The van der Waals surface area contributed by atoms with E-state index in [1.807, 2.05) is 54.8 Å².